The molecule has 0 aromatic heterocycles. The molecule has 1 aliphatic heterocycles. The van der Waals surface area contributed by atoms with Gasteiger partial charge in [-0.2, -0.15) is 0 Å². The molecule has 0 amide bonds. The minimum Gasteiger partial charge on any atom is -0.478 e. The van der Waals surface area contributed by atoms with Gasteiger partial charge in [0.1, 0.15) is 6.73 Å². The summed E-state index contributed by atoms with van der Waals surface area (Å²) < 4.78 is 10.8. The fraction of sp³-hybridized carbons (Fsp3) is 0.250. The second kappa shape index (κ2) is 9.07. The zero-order valence-electron chi connectivity index (χ0n) is 16.5. The zero-order valence-corrected chi connectivity index (χ0v) is 16.5. The molecular formula is C24H23NO5. The Morgan fingerprint density at radius 2 is 1.53 bits per heavy atom. The summed E-state index contributed by atoms with van der Waals surface area (Å²) in [5.74, 6) is -1.27. The molecule has 0 unspecified atom stereocenters. The van der Waals surface area contributed by atoms with Crippen LogP contribution in [-0.4, -0.2) is 55.0 Å². The summed E-state index contributed by atoms with van der Waals surface area (Å²) in [5, 5.41) is 11.0. The number of hydrogen-bond donors (Lipinski definition) is 1. The maximum Gasteiger partial charge on any atom is 0.339 e. The number of carbonyl (C=O) groups is 2. The van der Waals surface area contributed by atoms with Crippen LogP contribution in [0.1, 0.15) is 31.8 Å². The van der Waals surface area contributed by atoms with Gasteiger partial charge in [0, 0.05) is 13.1 Å². The summed E-state index contributed by atoms with van der Waals surface area (Å²) in [6.07, 6.45) is 0.682. The molecule has 154 valence electrons. The summed E-state index contributed by atoms with van der Waals surface area (Å²) in [4.78, 5) is 25.5. The molecule has 0 spiro atoms. The Balaban J connectivity index is 1.46. The number of fused-ring (bicyclic) bond motifs is 1. The van der Waals surface area contributed by atoms with Crippen LogP contribution in [-0.2, 0) is 15.9 Å². The van der Waals surface area contributed by atoms with E-state index in [0.29, 0.717) is 25.2 Å². The number of esters is 1. The quantitative estimate of drug-likeness (QED) is 0.632. The van der Waals surface area contributed by atoms with Gasteiger partial charge >= 0.3 is 11.9 Å². The molecule has 1 saturated heterocycles. The highest BCUT2D eigenvalue weighted by Gasteiger charge is 2.14. The van der Waals surface area contributed by atoms with E-state index in [9.17, 15) is 9.59 Å². The molecule has 6 heteroatoms. The minimum atomic E-state index is -0.930. The van der Waals surface area contributed by atoms with E-state index in [4.69, 9.17) is 14.6 Å². The number of carbonyl (C=O) groups excluding carboxylic acids is 1. The van der Waals surface area contributed by atoms with Crippen molar-refractivity contribution in [3.8, 4) is 0 Å². The molecule has 3 aromatic rings. The first-order chi connectivity index (χ1) is 14.6. The summed E-state index contributed by atoms with van der Waals surface area (Å²) >= 11 is 0. The lowest BCUT2D eigenvalue weighted by Crippen LogP contribution is -2.38. The highest BCUT2D eigenvalue weighted by atomic mass is 16.5. The van der Waals surface area contributed by atoms with Crippen molar-refractivity contribution in [3.05, 3.63) is 82.9 Å². The molecule has 0 saturated carbocycles. The molecule has 6 nitrogen and oxygen atoms in total. The van der Waals surface area contributed by atoms with E-state index in [0.717, 1.165) is 35.0 Å². The van der Waals surface area contributed by atoms with Gasteiger partial charge in [-0.3, -0.25) is 4.90 Å². The van der Waals surface area contributed by atoms with Crippen LogP contribution >= 0.6 is 0 Å². The van der Waals surface area contributed by atoms with Crippen LogP contribution in [0.25, 0.3) is 10.8 Å². The number of rotatable bonds is 6. The molecule has 0 bridgehead atoms. The molecule has 1 heterocycles. The molecule has 1 N–H and O–H groups in total. The van der Waals surface area contributed by atoms with Crippen LogP contribution < -0.4 is 0 Å². The van der Waals surface area contributed by atoms with Crippen LogP contribution in [0.2, 0.25) is 0 Å². The van der Waals surface area contributed by atoms with Crippen LogP contribution in [0.5, 0.6) is 0 Å². The van der Waals surface area contributed by atoms with Crippen LogP contribution in [0, 0.1) is 0 Å². The molecule has 4 rings (SSSR count). The zero-order chi connectivity index (χ0) is 20.9. The van der Waals surface area contributed by atoms with Crippen molar-refractivity contribution >= 4 is 22.7 Å². The van der Waals surface area contributed by atoms with Gasteiger partial charge in [0.15, 0.2) is 0 Å². The van der Waals surface area contributed by atoms with Crippen molar-refractivity contribution < 1.29 is 24.2 Å². The summed E-state index contributed by atoms with van der Waals surface area (Å²) in [6.45, 7) is 3.13. The maximum absolute atomic E-state index is 12.5. The van der Waals surface area contributed by atoms with Gasteiger partial charge in [-0.25, -0.2) is 9.59 Å². The number of carboxylic acid groups (broad SMARTS) is 1. The van der Waals surface area contributed by atoms with Gasteiger partial charge in [0.05, 0.1) is 24.3 Å². The third-order valence-electron chi connectivity index (χ3n) is 5.23. The largest absolute Gasteiger partial charge is 0.478 e. The fourth-order valence-corrected chi connectivity index (χ4v) is 3.50. The molecule has 0 aliphatic carbocycles. The van der Waals surface area contributed by atoms with Crippen LogP contribution in [0.4, 0.5) is 0 Å². The van der Waals surface area contributed by atoms with Crippen molar-refractivity contribution in [1.82, 2.24) is 4.90 Å². The molecule has 0 radical (unpaired) electrons. The van der Waals surface area contributed by atoms with E-state index in [1.807, 2.05) is 36.4 Å². The molecular weight excluding hydrogens is 382 g/mol. The lowest BCUT2D eigenvalue weighted by Gasteiger charge is -2.25. The van der Waals surface area contributed by atoms with Gasteiger partial charge < -0.3 is 14.6 Å². The predicted molar refractivity (Wildman–Crippen MR) is 113 cm³/mol. The molecule has 0 atom stereocenters. The van der Waals surface area contributed by atoms with E-state index < -0.39 is 5.97 Å². The van der Waals surface area contributed by atoms with E-state index >= 15 is 0 Å². The fourth-order valence-electron chi connectivity index (χ4n) is 3.50. The van der Waals surface area contributed by atoms with Gasteiger partial charge in [0.2, 0.25) is 0 Å². The highest BCUT2D eigenvalue weighted by Crippen LogP contribution is 2.21. The summed E-state index contributed by atoms with van der Waals surface area (Å²) in [7, 11) is 0. The van der Waals surface area contributed by atoms with Crippen molar-refractivity contribution in [3.63, 3.8) is 0 Å². The SMILES string of the molecule is O=C(O)c1ccc(Cc2ccc3ccc(C(=O)OCN4CCOCC4)cc3c2)cc1. The number of ether oxygens (including phenoxy) is 2. The molecule has 3 aromatic carbocycles. The summed E-state index contributed by atoms with van der Waals surface area (Å²) in [5.41, 5.74) is 2.92. The van der Waals surface area contributed by atoms with Gasteiger partial charge in [0.25, 0.3) is 0 Å². The van der Waals surface area contributed by atoms with Crippen LogP contribution in [0.15, 0.2) is 60.7 Å². The van der Waals surface area contributed by atoms with Gasteiger partial charge in [-0.05, 0) is 52.6 Å². The first-order valence-electron chi connectivity index (χ1n) is 9.91. The second-order valence-corrected chi connectivity index (χ2v) is 7.37. The van der Waals surface area contributed by atoms with E-state index in [2.05, 4.69) is 11.0 Å². The average molecular weight is 405 g/mol. The third kappa shape index (κ3) is 4.84. The van der Waals surface area contributed by atoms with Gasteiger partial charge in [-0.1, -0.05) is 36.4 Å². The van der Waals surface area contributed by atoms with E-state index in [1.54, 1.807) is 18.2 Å². The van der Waals surface area contributed by atoms with Crippen molar-refractivity contribution in [1.29, 1.82) is 0 Å². The van der Waals surface area contributed by atoms with Crippen molar-refractivity contribution in [2.24, 2.45) is 0 Å². The van der Waals surface area contributed by atoms with Crippen LogP contribution in [0.3, 0.4) is 0 Å². The average Bonchev–Trinajstić information content (AvgIpc) is 2.78. The Hall–Kier alpha value is -3.22. The second-order valence-electron chi connectivity index (χ2n) is 7.37. The Morgan fingerprint density at radius 3 is 2.27 bits per heavy atom. The molecule has 1 fully saturated rings. The number of aromatic carboxylic acids is 1. The third-order valence-corrected chi connectivity index (χ3v) is 5.23. The Kier molecular flexibility index (Phi) is 6.07. The lowest BCUT2D eigenvalue weighted by atomic mass is 9.99. The number of nitrogens with zero attached hydrogens (tertiary/aromatic N) is 1. The number of carboxylic acids is 1. The number of benzene rings is 3. The normalized spacial score (nSPS) is 14.5. The monoisotopic (exact) mass is 405 g/mol. The lowest BCUT2D eigenvalue weighted by molar-refractivity contribution is -0.0209. The predicted octanol–water partition coefficient (Wildman–Crippen LogP) is 3.58. The van der Waals surface area contributed by atoms with Gasteiger partial charge in [-0.15, -0.1) is 0 Å². The topological polar surface area (TPSA) is 76.1 Å². The Labute approximate surface area is 174 Å². The number of morpholine rings is 1. The standard InChI is InChI=1S/C24H23NO5/c26-23(27)20-5-1-17(2-6-20)13-18-3-4-19-7-8-21(15-22(19)14-18)24(28)30-16-25-9-11-29-12-10-25/h1-8,14-15H,9-13,16H2,(H,26,27). The van der Waals surface area contributed by atoms with E-state index in [1.165, 1.54) is 0 Å². The first kappa shape index (κ1) is 20.1. The summed E-state index contributed by atoms with van der Waals surface area (Å²) in [6, 6.07) is 18.6. The Bertz CT molecular complexity index is 1050. The highest BCUT2D eigenvalue weighted by molar-refractivity contribution is 5.95. The molecule has 1 aliphatic rings. The maximum atomic E-state index is 12.5. The molecule has 30 heavy (non-hydrogen) atoms. The van der Waals surface area contributed by atoms with E-state index in [-0.39, 0.29) is 18.3 Å². The smallest absolute Gasteiger partial charge is 0.339 e. The number of hydrogen-bond acceptors (Lipinski definition) is 5. The van der Waals surface area contributed by atoms with Crippen molar-refractivity contribution in [2.45, 2.75) is 6.42 Å². The first-order valence-corrected chi connectivity index (χ1v) is 9.91. The Morgan fingerprint density at radius 1 is 0.867 bits per heavy atom. The van der Waals surface area contributed by atoms with Crippen molar-refractivity contribution in [2.75, 3.05) is 33.0 Å². The minimum absolute atomic E-state index is 0.270.